The van der Waals surface area contributed by atoms with Crippen molar-refractivity contribution in [2.24, 2.45) is 0 Å². The van der Waals surface area contributed by atoms with E-state index < -0.39 is 0 Å². The Labute approximate surface area is 155 Å². The lowest BCUT2D eigenvalue weighted by atomic mass is 9.98. The molecular formula is C18H13Br2I. The highest BCUT2D eigenvalue weighted by Crippen LogP contribution is 2.34. The minimum atomic E-state index is 0.313. The average molecular weight is 516 g/mol. The van der Waals surface area contributed by atoms with E-state index in [0.29, 0.717) is 4.83 Å². The molecule has 0 fully saturated rings. The van der Waals surface area contributed by atoms with Crippen molar-refractivity contribution in [3.8, 4) is 0 Å². The van der Waals surface area contributed by atoms with Crippen molar-refractivity contribution in [3.63, 3.8) is 0 Å². The Morgan fingerprint density at radius 1 is 0.952 bits per heavy atom. The van der Waals surface area contributed by atoms with Crippen molar-refractivity contribution in [2.75, 3.05) is 0 Å². The van der Waals surface area contributed by atoms with Crippen LogP contribution in [-0.2, 0) is 6.42 Å². The standard InChI is InChI=1S/C18H13Br2I/c19-14-8-9-18(21)16(11-14)17(20)10-13-6-3-5-12-4-1-2-7-15(12)13/h1-9,11,17H,10H2. The molecule has 1 atom stereocenters. The van der Waals surface area contributed by atoms with Crippen molar-refractivity contribution in [2.45, 2.75) is 11.2 Å². The number of benzene rings is 3. The predicted molar refractivity (Wildman–Crippen MR) is 106 cm³/mol. The highest BCUT2D eigenvalue weighted by molar-refractivity contribution is 14.1. The molecule has 0 N–H and O–H groups in total. The van der Waals surface area contributed by atoms with Crippen LogP contribution < -0.4 is 0 Å². The molecule has 3 rings (SSSR count). The highest BCUT2D eigenvalue weighted by Gasteiger charge is 2.13. The van der Waals surface area contributed by atoms with E-state index in [1.54, 1.807) is 0 Å². The lowest BCUT2D eigenvalue weighted by Crippen LogP contribution is -1.99. The van der Waals surface area contributed by atoms with E-state index in [2.05, 4.69) is 115 Å². The molecule has 3 heteroatoms. The first-order valence-electron chi connectivity index (χ1n) is 6.71. The largest absolute Gasteiger partial charge is 0.0835 e. The van der Waals surface area contributed by atoms with Crippen LogP contribution in [0.15, 0.2) is 65.1 Å². The zero-order chi connectivity index (χ0) is 14.8. The Kier molecular flexibility index (Phi) is 5.02. The second-order valence-corrected chi connectivity index (χ2v) is 8.16. The molecule has 0 aliphatic rings. The zero-order valence-electron chi connectivity index (χ0n) is 11.2. The number of alkyl halides is 1. The smallest absolute Gasteiger partial charge is 0.0446 e. The van der Waals surface area contributed by atoms with Gasteiger partial charge in [-0.2, -0.15) is 0 Å². The molecule has 1 unspecified atom stereocenters. The average Bonchev–Trinajstić information content (AvgIpc) is 2.50. The Morgan fingerprint density at radius 2 is 1.71 bits per heavy atom. The summed E-state index contributed by atoms with van der Waals surface area (Å²) in [6.07, 6.45) is 0.980. The molecule has 0 heterocycles. The lowest BCUT2D eigenvalue weighted by molar-refractivity contribution is 0.950. The van der Waals surface area contributed by atoms with Crippen LogP contribution in [0, 0.1) is 3.57 Å². The third-order valence-corrected chi connectivity index (χ3v) is 5.87. The molecular weight excluding hydrogens is 503 g/mol. The first-order valence-corrected chi connectivity index (χ1v) is 9.49. The summed E-state index contributed by atoms with van der Waals surface area (Å²) in [5, 5.41) is 2.65. The summed E-state index contributed by atoms with van der Waals surface area (Å²) in [4.78, 5) is 0.313. The van der Waals surface area contributed by atoms with E-state index in [1.807, 2.05) is 0 Å². The number of hydrogen-bond donors (Lipinski definition) is 0. The molecule has 0 amide bonds. The highest BCUT2D eigenvalue weighted by atomic mass is 127. The van der Waals surface area contributed by atoms with Crippen LogP contribution in [0.5, 0.6) is 0 Å². The summed E-state index contributed by atoms with van der Waals surface area (Å²) < 4.78 is 2.41. The normalized spacial score (nSPS) is 12.5. The summed E-state index contributed by atoms with van der Waals surface area (Å²) in [6.45, 7) is 0. The minimum Gasteiger partial charge on any atom is -0.0835 e. The number of halogens is 3. The first-order chi connectivity index (χ1) is 10.1. The first kappa shape index (κ1) is 15.5. The Morgan fingerprint density at radius 3 is 2.57 bits per heavy atom. The van der Waals surface area contributed by atoms with E-state index >= 15 is 0 Å². The van der Waals surface area contributed by atoms with Crippen LogP contribution in [-0.4, -0.2) is 0 Å². The van der Waals surface area contributed by atoms with Crippen LogP contribution in [0.1, 0.15) is 16.0 Å². The summed E-state index contributed by atoms with van der Waals surface area (Å²) in [6, 6.07) is 21.6. The summed E-state index contributed by atoms with van der Waals surface area (Å²) in [5.41, 5.74) is 2.71. The third-order valence-electron chi connectivity index (χ3n) is 3.57. The van der Waals surface area contributed by atoms with Gasteiger partial charge in [-0.15, -0.1) is 0 Å². The van der Waals surface area contributed by atoms with Gasteiger partial charge in [-0.05, 0) is 69.1 Å². The molecule has 0 nitrogen and oxygen atoms in total. The van der Waals surface area contributed by atoms with Gasteiger partial charge < -0.3 is 0 Å². The van der Waals surface area contributed by atoms with Crippen LogP contribution in [0.2, 0.25) is 0 Å². The second kappa shape index (κ2) is 6.80. The number of hydrogen-bond acceptors (Lipinski definition) is 0. The molecule has 0 saturated heterocycles. The lowest BCUT2D eigenvalue weighted by Gasteiger charge is -2.14. The molecule has 0 aliphatic carbocycles. The van der Waals surface area contributed by atoms with Gasteiger partial charge in [-0.25, -0.2) is 0 Å². The third kappa shape index (κ3) is 3.51. The SMILES string of the molecule is Brc1ccc(I)c(C(Br)Cc2cccc3ccccc23)c1. The molecule has 0 saturated carbocycles. The molecule has 0 bridgehead atoms. The number of rotatable bonds is 3. The fourth-order valence-electron chi connectivity index (χ4n) is 2.53. The molecule has 0 aliphatic heterocycles. The van der Waals surface area contributed by atoms with Crippen molar-refractivity contribution in [3.05, 3.63) is 79.8 Å². The van der Waals surface area contributed by atoms with E-state index in [1.165, 1.54) is 25.5 Å². The summed E-state index contributed by atoms with van der Waals surface area (Å²) >= 11 is 9.84. The molecule has 106 valence electrons. The summed E-state index contributed by atoms with van der Waals surface area (Å²) in [7, 11) is 0. The van der Waals surface area contributed by atoms with Crippen molar-refractivity contribution in [1.82, 2.24) is 0 Å². The topological polar surface area (TPSA) is 0 Å². The molecule has 21 heavy (non-hydrogen) atoms. The monoisotopic (exact) mass is 514 g/mol. The maximum Gasteiger partial charge on any atom is 0.0446 e. The molecule has 0 spiro atoms. The quantitative estimate of drug-likeness (QED) is 0.263. The molecule has 3 aromatic rings. The van der Waals surface area contributed by atoms with Gasteiger partial charge in [0, 0.05) is 12.9 Å². The van der Waals surface area contributed by atoms with Crippen molar-refractivity contribution >= 4 is 65.2 Å². The van der Waals surface area contributed by atoms with E-state index in [9.17, 15) is 0 Å². The maximum atomic E-state index is 3.87. The van der Waals surface area contributed by atoms with Gasteiger partial charge in [0.15, 0.2) is 0 Å². The molecule has 0 aromatic heterocycles. The minimum absolute atomic E-state index is 0.313. The van der Waals surface area contributed by atoms with E-state index in [-0.39, 0.29) is 0 Å². The zero-order valence-corrected chi connectivity index (χ0v) is 16.5. The Balaban J connectivity index is 1.96. The van der Waals surface area contributed by atoms with Crippen LogP contribution in [0.25, 0.3) is 10.8 Å². The van der Waals surface area contributed by atoms with Crippen LogP contribution in [0.3, 0.4) is 0 Å². The number of fused-ring (bicyclic) bond motifs is 1. The van der Waals surface area contributed by atoms with Crippen molar-refractivity contribution < 1.29 is 0 Å². The summed E-state index contributed by atoms with van der Waals surface area (Å²) in [5.74, 6) is 0. The van der Waals surface area contributed by atoms with Gasteiger partial charge in [0.2, 0.25) is 0 Å². The van der Waals surface area contributed by atoms with E-state index in [0.717, 1.165) is 10.9 Å². The van der Waals surface area contributed by atoms with Gasteiger partial charge in [0.05, 0.1) is 0 Å². The van der Waals surface area contributed by atoms with Gasteiger partial charge in [-0.3, -0.25) is 0 Å². The molecule has 0 radical (unpaired) electrons. The Bertz CT molecular complexity index is 778. The Hall–Kier alpha value is -0.390. The van der Waals surface area contributed by atoms with Crippen LogP contribution in [0.4, 0.5) is 0 Å². The fraction of sp³-hybridized carbons (Fsp3) is 0.111. The van der Waals surface area contributed by atoms with Crippen LogP contribution >= 0.6 is 54.5 Å². The molecule has 3 aromatic carbocycles. The fourth-order valence-corrected chi connectivity index (χ4v) is 4.77. The van der Waals surface area contributed by atoms with Gasteiger partial charge >= 0.3 is 0 Å². The van der Waals surface area contributed by atoms with Gasteiger partial charge in [0.1, 0.15) is 0 Å². The predicted octanol–water partition coefficient (Wildman–Crippen LogP) is 6.89. The second-order valence-electron chi connectivity index (χ2n) is 4.98. The maximum absolute atomic E-state index is 3.87. The van der Waals surface area contributed by atoms with Gasteiger partial charge in [0.25, 0.3) is 0 Å². The van der Waals surface area contributed by atoms with Crippen molar-refractivity contribution in [1.29, 1.82) is 0 Å². The van der Waals surface area contributed by atoms with E-state index in [4.69, 9.17) is 0 Å². The van der Waals surface area contributed by atoms with Gasteiger partial charge in [-0.1, -0.05) is 74.3 Å².